The van der Waals surface area contributed by atoms with Crippen LogP contribution >= 0.6 is 0 Å². The van der Waals surface area contributed by atoms with E-state index in [1.807, 2.05) is 36.4 Å². The molecule has 4 heteroatoms. The van der Waals surface area contributed by atoms with Crippen molar-refractivity contribution in [1.82, 2.24) is 10.3 Å². The minimum Gasteiger partial charge on any atom is -0.390 e. The lowest BCUT2D eigenvalue weighted by atomic mass is 10.1. The van der Waals surface area contributed by atoms with Gasteiger partial charge in [0.2, 0.25) is 5.91 Å². The lowest BCUT2D eigenvalue weighted by Crippen LogP contribution is -2.33. The number of nitrogens with one attached hydrogen (secondary N) is 1. The molecule has 0 aliphatic heterocycles. The van der Waals surface area contributed by atoms with Gasteiger partial charge in [-0.25, -0.2) is 0 Å². The molecule has 0 fully saturated rings. The molecule has 2 N–H and O–H groups in total. The zero-order valence-electron chi connectivity index (χ0n) is 11.7. The number of fused-ring (bicyclic) bond motifs is 1. The van der Waals surface area contributed by atoms with Crippen LogP contribution in [0.1, 0.15) is 29.2 Å². The molecule has 108 valence electrons. The first-order valence-corrected chi connectivity index (χ1v) is 7.18. The quantitative estimate of drug-likeness (QED) is 0.898. The molecule has 2 unspecified atom stereocenters. The van der Waals surface area contributed by atoms with Crippen LogP contribution in [0.4, 0.5) is 0 Å². The van der Waals surface area contributed by atoms with E-state index >= 15 is 0 Å². The van der Waals surface area contributed by atoms with Crippen LogP contribution in [0.3, 0.4) is 0 Å². The molecule has 3 rings (SSSR count). The van der Waals surface area contributed by atoms with Crippen molar-refractivity contribution in [3.8, 4) is 0 Å². The minimum atomic E-state index is -0.537. The SMILES string of the molecule is O=C(CCc1cccnc1)NC1c2ccccc2CC1O. The third-order valence-electron chi connectivity index (χ3n) is 3.88. The average molecular weight is 282 g/mol. The Morgan fingerprint density at radius 3 is 2.95 bits per heavy atom. The number of pyridine rings is 1. The first-order valence-electron chi connectivity index (χ1n) is 7.18. The van der Waals surface area contributed by atoms with Gasteiger partial charge < -0.3 is 10.4 Å². The minimum absolute atomic E-state index is 0.0420. The van der Waals surface area contributed by atoms with Gasteiger partial charge in [-0.1, -0.05) is 30.3 Å². The number of nitrogens with zero attached hydrogens (tertiary/aromatic N) is 1. The van der Waals surface area contributed by atoms with Crippen molar-refractivity contribution < 1.29 is 9.90 Å². The lowest BCUT2D eigenvalue weighted by Gasteiger charge is -2.18. The Morgan fingerprint density at radius 2 is 2.14 bits per heavy atom. The fourth-order valence-electron chi connectivity index (χ4n) is 2.80. The Labute approximate surface area is 123 Å². The summed E-state index contributed by atoms with van der Waals surface area (Å²) in [6.45, 7) is 0. The lowest BCUT2D eigenvalue weighted by molar-refractivity contribution is -0.122. The highest BCUT2D eigenvalue weighted by Gasteiger charge is 2.31. The summed E-state index contributed by atoms with van der Waals surface area (Å²) in [6, 6.07) is 11.4. The third kappa shape index (κ3) is 3.11. The Morgan fingerprint density at radius 1 is 1.29 bits per heavy atom. The summed E-state index contributed by atoms with van der Waals surface area (Å²) in [4.78, 5) is 16.1. The van der Waals surface area contributed by atoms with Gasteiger partial charge in [-0.3, -0.25) is 9.78 Å². The molecule has 2 atom stereocenters. The second-order valence-corrected chi connectivity index (χ2v) is 5.38. The monoisotopic (exact) mass is 282 g/mol. The number of aliphatic hydroxyl groups is 1. The second kappa shape index (κ2) is 6.06. The van der Waals surface area contributed by atoms with Crippen LogP contribution in [0.25, 0.3) is 0 Å². The number of rotatable bonds is 4. The number of benzene rings is 1. The Bertz CT molecular complexity index is 628. The first kappa shape index (κ1) is 13.8. The van der Waals surface area contributed by atoms with Gasteiger partial charge in [0.15, 0.2) is 0 Å². The van der Waals surface area contributed by atoms with Crippen molar-refractivity contribution in [2.75, 3.05) is 0 Å². The normalized spacial score (nSPS) is 20.0. The van der Waals surface area contributed by atoms with Crippen LogP contribution in [0.5, 0.6) is 0 Å². The standard InChI is InChI=1S/C17H18N2O2/c20-15-10-13-5-1-2-6-14(13)17(15)19-16(21)8-7-12-4-3-9-18-11-12/h1-6,9,11,15,17,20H,7-8,10H2,(H,19,21). The molecule has 1 aromatic heterocycles. The van der Waals surface area contributed by atoms with E-state index in [1.54, 1.807) is 12.4 Å². The Hall–Kier alpha value is -2.20. The topological polar surface area (TPSA) is 62.2 Å². The zero-order valence-corrected chi connectivity index (χ0v) is 11.7. The molecule has 4 nitrogen and oxygen atoms in total. The molecule has 0 bridgehead atoms. The molecule has 1 heterocycles. The van der Waals surface area contributed by atoms with E-state index in [-0.39, 0.29) is 11.9 Å². The molecule has 0 saturated carbocycles. The van der Waals surface area contributed by atoms with E-state index in [0.29, 0.717) is 19.3 Å². The summed E-state index contributed by atoms with van der Waals surface area (Å²) in [5.41, 5.74) is 3.18. The molecule has 1 aliphatic rings. The van der Waals surface area contributed by atoms with E-state index in [2.05, 4.69) is 10.3 Å². The highest BCUT2D eigenvalue weighted by atomic mass is 16.3. The van der Waals surface area contributed by atoms with Gasteiger partial charge in [0.25, 0.3) is 0 Å². The predicted molar refractivity (Wildman–Crippen MR) is 79.6 cm³/mol. The maximum Gasteiger partial charge on any atom is 0.220 e. The molecule has 0 spiro atoms. The summed E-state index contributed by atoms with van der Waals surface area (Å²) < 4.78 is 0. The maximum absolute atomic E-state index is 12.1. The van der Waals surface area contributed by atoms with Gasteiger partial charge in [-0.15, -0.1) is 0 Å². The number of aliphatic hydroxyl groups excluding tert-OH is 1. The molecule has 2 aromatic rings. The first-order chi connectivity index (χ1) is 10.2. The number of aryl methyl sites for hydroxylation is 1. The summed E-state index contributed by atoms with van der Waals surface area (Å²) in [7, 11) is 0. The van der Waals surface area contributed by atoms with Crippen LogP contribution in [-0.4, -0.2) is 22.1 Å². The molecular formula is C17H18N2O2. The van der Waals surface area contributed by atoms with Crippen molar-refractivity contribution in [2.45, 2.75) is 31.4 Å². The third-order valence-corrected chi connectivity index (χ3v) is 3.88. The fourth-order valence-corrected chi connectivity index (χ4v) is 2.80. The van der Waals surface area contributed by atoms with Gasteiger partial charge in [0.05, 0.1) is 12.1 Å². The molecule has 0 radical (unpaired) electrons. The molecule has 1 aliphatic carbocycles. The summed E-state index contributed by atoms with van der Waals surface area (Å²) in [6.07, 6.45) is 4.61. The Kier molecular flexibility index (Phi) is 3.97. The van der Waals surface area contributed by atoms with Crippen molar-refractivity contribution >= 4 is 5.91 Å². The smallest absolute Gasteiger partial charge is 0.220 e. The van der Waals surface area contributed by atoms with Crippen LogP contribution < -0.4 is 5.32 Å². The number of amides is 1. The van der Waals surface area contributed by atoms with Crippen LogP contribution in [0, 0.1) is 0 Å². The van der Waals surface area contributed by atoms with E-state index in [4.69, 9.17) is 0 Å². The van der Waals surface area contributed by atoms with Gasteiger partial charge in [-0.05, 0) is 29.2 Å². The van der Waals surface area contributed by atoms with Crippen LogP contribution in [-0.2, 0) is 17.6 Å². The molecular weight excluding hydrogens is 264 g/mol. The van der Waals surface area contributed by atoms with Crippen molar-refractivity contribution in [1.29, 1.82) is 0 Å². The summed E-state index contributed by atoms with van der Waals surface area (Å²) in [5.74, 6) is -0.0420. The maximum atomic E-state index is 12.1. The highest BCUT2D eigenvalue weighted by molar-refractivity contribution is 5.77. The van der Waals surface area contributed by atoms with E-state index in [0.717, 1.165) is 16.7 Å². The molecule has 0 saturated heterocycles. The number of carbonyl (C=O) groups is 1. The molecule has 21 heavy (non-hydrogen) atoms. The van der Waals surface area contributed by atoms with Gasteiger partial charge in [0.1, 0.15) is 0 Å². The predicted octanol–water partition coefficient (Wildman–Crippen LogP) is 1.79. The highest BCUT2D eigenvalue weighted by Crippen LogP contribution is 2.31. The largest absolute Gasteiger partial charge is 0.390 e. The van der Waals surface area contributed by atoms with Crippen LogP contribution in [0.15, 0.2) is 48.8 Å². The number of hydrogen-bond donors (Lipinski definition) is 2. The summed E-state index contributed by atoms with van der Waals surface area (Å²) in [5, 5.41) is 13.1. The molecule has 1 amide bonds. The second-order valence-electron chi connectivity index (χ2n) is 5.38. The van der Waals surface area contributed by atoms with E-state index < -0.39 is 6.10 Å². The number of hydrogen-bond acceptors (Lipinski definition) is 3. The average Bonchev–Trinajstić information content (AvgIpc) is 2.82. The van der Waals surface area contributed by atoms with Crippen molar-refractivity contribution in [3.63, 3.8) is 0 Å². The van der Waals surface area contributed by atoms with Gasteiger partial charge >= 0.3 is 0 Å². The number of aromatic nitrogens is 1. The fraction of sp³-hybridized carbons (Fsp3) is 0.294. The van der Waals surface area contributed by atoms with Gasteiger partial charge in [-0.2, -0.15) is 0 Å². The number of carbonyl (C=O) groups excluding carboxylic acids is 1. The van der Waals surface area contributed by atoms with Crippen molar-refractivity contribution in [2.24, 2.45) is 0 Å². The van der Waals surface area contributed by atoms with Crippen LogP contribution in [0.2, 0.25) is 0 Å². The van der Waals surface area contributed by atoms with Crippen molar-refractivity contribution in [3.05, 3.63) is 65.5 Å². The van der Waals surface area contributed by atoms with E-state index in [1.165, 1.54) is 0 Å². The van der Waals surface area contributed by atoms with Gasteiger partial charge in [0, 0.05) is 25.2 Å². The Balaban J connectivity index is 1.60. The molecule has 1 aromatic carbocycles. The zero-order chi connectivity index (χ0) is 14.7. The summed E-state index contributed by atoms with van der Waals surface area (Å²) >= 11 is 0. The van der Waals surface area contributed by atoms with E-state index in [9.17, 15) is 9.90 Å².